The Morgan fingerprint density at radius 2 is 1.66 bits per heavy atom. The summed E-state index contributed by atoms with van der Waals surface area (Å²) in [5.41, 5.74) is 0.0517. The maximum Gasteiger partial charge on any atom is 0.320 e. The molecule has 1 N–H and O–H groups in total. The lowest BCUT2D eigenvalue weighted by Gasteiger charge is -2.52. The Morgan fingerprint density at radius 3 is 2.16 bits per heavy atom. The highest BCUT2D eigenvalue weighted by Gasteiger charge is 2.56. The molecule has 0 radical (unpaired) electrons. The van der Waals surface area contributed by atoms with E-state index in [1.807, 2.05) is 11.0 Å². The molecule has 1 saturated heterocycles. The lowest BCUT2D eigenvalue weighted by Crippen LogP contribution is -2.59. The molecule has 0 atom stereocenters. The van der Waals surface area contributed by atoms with E-state index in [-0.39, 0.29) is 29.4 Å². The molecule has 1 spiro atoms. The van der Waals surface area contributed by atoms with Gasteiger partial charge in [-0.1, -0.05) is 30.3 Å². The maximum atomic E-state index is 13.4. The molecule has 1 aromatic rings. The molecular formula is C24H37N3O4S. The van der Waals surface area contributed by atoms with Gasteiger partial charge in [-0.25, -0.2) is 13.2 Å². The van der Waals surface area contributed by atoms with Crippen LogP contribution in [0, 0.1) is 0 Å². The first-order chi connectivity index (χ1) is 15.0. The normalized spacial score (nSPS) is 30.2. The van der Waals surface area contributed by atoms with Crippen LogP contribution in [-0.4, -0.2) is 91.1 Å². The Bertz CT molecular complexity index is 935. The zero-order valence-electron chi connectivity index (χ0n) is 19.6. The van der Waals surface area contributed by atoms with Crippen LogP contribution in [0.3, 0.4) is 0 Å². The van der Waals surface area contributed by atoms with E-state index < -0.39 is 15.4 Å². The number of amides is 2. The second kappa shape index (κ2) is 8.29. The van der Waals surface area contributed by atoms with Gasteiger partial charge in [0.15, 0.2) is 0 Å². The largest absolute Gasteiger partial charge is 0.388 e. The van der Waals surface area contributed by atoms with Crippen LogP contribution in [0.1, 0.15) is 50.5 Å². The summed E-state index contributed by atoms with van der Waals surface area (Å²) in [5.74, 6) is -0.0292. The molecule has 2 saturated carbocycles. The molecule has 7 nitrogen and oxygen atoms in total. The number of nitrogens with zero attached hydrogens (tertiary/aromatic N) is 3. The third kappa shape index (κ3) is 4.29. The molecule has 1 heterocycles. The Labute approximate surface area is 192 Å². The van der Waals surface area contributed by atoms with Gasteiger partial charge >= 0.3 is 6.03 Å². The molecule has 0 bridgehead atoms. The molecule has 1 aliphatic heterocycles. The summed E-state index contributed by atoms with van der Waals surface area (Å²) in [7, 11) is 1.09. The number of hydrogen-bond donors (Lipinski definition) is 1. The first-order valence-electron chi connectivity index (χ1n) is 11.7. The second-order valence-corrected chi connectivity index (χ2v) is 12.8. The van der Waals surface area contributed by atoms with Crippen LogP contribution in [0.2, 0.25) is 0 Å². The molecule has 2 amide bonds. The number of rotatable bonds is 7. The number of carbonyl (C=O) groups excluding carboxylic acids is 1. The first-order valence-corrected chi connectivity index (χ1v) is 13.7. The zero-order chi connectivity index (χ0) is 23.2. The summed E-state index contributed by atoms with van der Waals surface area (Å²) in [5, 5.41) is 10.9. The smallest absolute Gasteiger partial charge is 0.320 e. The van der Waals surface area contributed by atoms with Gasteiger partial charge in [-0.05, 0) is 64.6 Å². The van der Waals surface area contributed by atoms with Gasteiger partial charge in [-0.2, -0.15) is 0 Å². The van der Waals surface area contributed by atoms with Crippen LogP contribution in [0.4, 0.5) is 4.79 Å². The summed E-state index contributed by atoms with van der Waals surface area (Å²) in [4.78, 5) is 19.3. The minimum Gasteiger partial charge on any atom is -0.388 e. The quantitative estimate of drug-likeness (QED) is 0.672. The van der Waals surface area contributed by atoms with Crippen molar-refractivity contribution in [1.82, 2.24) is 14.7 Å². The topological polar surface area (TPSA) is 81.2 Å². The molecule has 178 valence electrons. The summed E-state index contributed by atoms with van der Waals surface area (Å²) in [6.45, 7) is 1.10. The SMILES string of the molecule is CN(C)C1(c2ccccc2)CCC2(CC1)CN(CCS(C)(=O)=O)C(=O)N2CC1(O)CCC1. The van der Waals surface area contributed by atoms with E-state index >= 15 is 0 Å². The van der Waals surface area contributed by atoms with E-state index in [0.717, 1.165) is 44.9 Å². The van der Waals surface area contributed by atoms with Gasteiger partial charge in [-0.15, -0.1) is 0 Å². The van der Waals surface area contributed by atoms with E-state index in [0.29, 0.717) is 13.1 Å². The number of sulfone groups is 1. The highest BCUT2D eigenvalue weighted by Crippen LogP contribution is 2.50. The molecule has 3 fully saturated rings. The summed E-state index contributed by atoms with van der Waals surface area (Å²) in [6.07, 6.45) is 7.13. The van der Waals surface area contributed by atoms with Crippen LogP contribution < -0.4 is 0 Å². The molecular weight excluding hydrogens is 426 g/mol. The Hall–Kier alpha value is -1.64. The minimum absolute atomic E-state index is 0.0292. The number of benzene rings is 1. The van der Waals surface area contributed by atoms with Gasteiger partial charge in [0.2, 0.25) is 0 Å². The highest BCUT2D eigenvalue weighted by atomic mass is 32.2. The van der Waals surface area contributed by atoms with E-state index in [2.05, 4.69) is 43.3 Å². The average molecular weight is 464 g/mol. The van der Waals surface area contributed by atoms with Crippen molar-refractivity contribution < 1.29 is 18.3 Å². The second-order valence-electron chi connectivity index (χ2n) is 10.5. The molecule has 2 aliphatic carbocycles. The molecule has 32 heavy (non-hydrogen) atoms. The number of β-amino-alcohol motifs (C(OH)–C–C–N with tert-alkyl or cyclic N) is 1. The average Bonchev–Trinajstić information content (AvgIpc) is 2.97. The summed E-state index contributed by atoms with van der Waals surface area (Å²) < 4.78 is 23.5. The van der Waals surface area contributed by atoms with Crippen molar-refractivity contribution in [1.29, 1.82) is 0 Å². The number of hydrogen-bond acceptors (Lipinski definition) is 5. The number of urea groups is 1. The fourth-order valence-corrected chi connectivity index (χ4v) is 6.46. The summed E-state index contributed by atoms with van der Waals surface area (Å²) in [6, 6.07) is 10.4. The van der Waals surface area contributed by atoms with Crippen molar-refractivity contribution in [2.24, 2.45) is 0 Å². The maximum absolute atomic E-state index is 13.4. The monoisotopic (exact) mass is 463 g/mol. The van der Waals surface area contributed by atoms with E-state index in [1.54, 1.807) is 4.90 Å². The summed E-state index contributed by atoms with van der Waals surface area (Å²) >= 11 is 0. The molecule has 0 unspecified atom stereocenters. The minimum atomic E-state index is -3.16. The van der Waals surface area contributed by atoms with Crippen LogP contribution in [0.15, 0.2) is 30.3 Å². The molecule has 8 heteroatoms. The van der Waals surface area contributed by atoms with Gasteiger partial charge < -0.3 is 14.9 Å². The predicted octanol–water partition coefficient (Wildman–Crippen LogP) is 2.45. The zero-order valence-corrected chi connectivity index (χ0v) is 20.4. The third-order valence-corrected chi connectivity index (χ3v) is 9.13. The van der Waals surface area contributed by atoms with Crippen LogP contribution in [-0.2, 0) is 15.4 Å². The van der Waals surface area contributed by atoms with Gasteiger partial charge in [0.25, 0.3) is 0 Å². The molecule has 3 aliphatic rings. The standard InChI is InChI=1S/C24H37N3O4S/c1-25(2)24(20-8-5-4-6-9-20)14-12-22(13-15-24)18-26(16-17-32(3,30)31)21(28)27(22)19-23(29)10-7-11-23/h4-6,8-9,29H,7,10-19H2,1-3H3. The van der Waals surface area contributed by atoms with Crippen molar-refractivity contribution in [3.05, 3.63) is 35.9 Å². The van der Waals surface area contributed by atoms with Crippen molar-refractivity contribution in [2.45, 2.75) is 61.6 Å². The first kappa shape index (κ1) is 23.5. The van der Waals surface area contributed by atoms with Crippen molar-refractivity contribution >= 4 is 15.9 Å². The predicted molar refractivity (Wildman–Crippen MR) is 125 cm³/mol. The lowest BCUT2D eigenvalue weighted by molar-refractivity contribution is -0.0725. The Morgan fingerprint density at radius 1 is 1.03 bits per heavy atom. The molecule has 4 rings (SSSR count). The van der Waals surface area contributed by atoms with Crippen molar-refractivity contribution in [2.75, 3.05) is 45.7 Å². The van der Waals surface area contributed by atoms with Crippen LogP contribution in [0.5, 0.6) is 0 Å². The van der Waals surface area contributed by atoms with E-state index in [1.165, 1.54) is 11.8 Å². The van der Waals surface area contributed by atoms with Crippen LogP contribution >= 0.6 is 0 Å². The van der Waals surface area contributed by atoms with Gasteiger partial charge in [0, 0.05) is 24.9 Å². The molecule has 0 aromatic heterocycles. The van der Waals surface area contributed by atoms with Crippen molar-refractivity contribution in [3.8, 4) is 0 Å². The Kier molecular flexibility index (Phi) is 6.09. The van der Waals surface area contributed by atoms with Gasteiger partial charge in [0.1, 0.15) is 9.84 Å². The number of carbonyl (C=O) groups is 1. The van der Waals surface area contributed by atoms with Crippen molar-refractivity contribution in [3.63, 3.8) is 0 Å². The van der Waals surface area contributed by atoms with E-state index in [4.69, 9.17) is 0 Å². The highest BCUT2D eigenvalue weighted by molar-refractivity contribution is 7.90. The van der Waals surface area contributed by atoms with E-state index in [9.17, 15) is 18.3 Å². The molecule has 1 aromatic carbocycles. The lowest BCUT2D eigenvalue weighted by atomic mass is 9.67. The van der Waals surface area contributed by atoms with Gasteiger partial charge in [0.05, 0.1) is 23.4 Å². The number of aliphatic hydroxyl groups is 1. The van der Waals surface area contributed by atoms with Gasteiger partial charge in [-0.3, -0.25) is 4.90 Å². The fourth-order valence-electron chi connectivity index (χ4n) is 5.90. The Balaban J connectivity index is 1.59. The van der Waals surface area contributed by atoms with Crippen LogP contribution in [0.25, 0.3) is 0 Å². The fraction of sp³-hybridized carbons (Fsp3) is 0.708. The third-order valence-electron chi connectivity index (χ3n) is 8.20.